The van der Waals surface area contributed by atoms with Gasteiger partial charge in [-0.25, -0.2) is 4.79 Å². The number of nitrogens with one attached hydrogen (secondary N) is 1. The van der Waals surface area contributed by atoms with E-state index >= 15 is 0 Å². The van der Waals surface area contributed by atoms with Gasteiger partial charge < -0.3 is 83.8 Å². The number of halogens is 1. The van der Waals surface area contributed by atoms with Crippen molar-refractivity contribution in [2.75, 3.05) is 118 Å². The lowest BCUT2D eigenvalue weighted by Crippen LogP contribution is -2.68. The van der Waals surface area contributed by atoms with E-state index in [0.717, 1.165) is 132 Å². The van der Waals surface area contributed by atoms with Gasteiger partial charge in [-0.1, -0.05) is 71.7 Å². The van der Waals surface area contributed by atoms with Crippen LogP contribution in [0.25, 0.3) is 0 Å². The van der Waals surface area contributed by atoms with Gasteiger partial charge in [0.2, 0.25) is 0 Å². The SMILES string of the molecule is C.C.C.C.O=C(N1CCCC1)N1CCN2CCOCC2C1COc1ccc(O)cc1.O=C(c1ccc([N+](=O)[O-])cc1)N1CCc2ccncc2C1COc1ccc(O)cc1.O=C(c1cccc(Cl)c1)N1CCN2CCNCC2C1COc1ccc(O)cc1.Oc1ccc(OCC2C3CCCOC3CC(=S)N2Cc2cccc(O)c2)cc1. The number of carbonyl (C=O) groups excluding carboxylic acids is 3. The van der Waals surface area contributed by atoms with Crippen molar-refractivity contribution in [3.8, 4) is 51.7 Å². The van der Waals surface area contributed by atoms with Crippen LogP contribution in [0.15, 0.2) is 188 Å². The molecule has 8 atom stereocenters. The Bertz CT molecular complexity index is 4400. The van der Waals surface area contributed by atoms with E-state index in [-0.39, 0.29) is 131 Å². The van der Waals surface area contributed by atoms with E-state index in [9.17, 15) is 50.0 Å². The summed E-state index contributed by atoms with van der Waals surface area (Å²) >= 11 is 11.8. The molecule has 7 saturated heterocycles. The van der Waals surface area contributed by atoms with E-state index in [1.54, 1.807) is 139 Å². The number of benzene rings is 7. The van der Waals surface area contributed by atoms with E-state index in [2.05, 4.69) is 25.0 Å². The summed E-state index contributed by atoms with van der Waals surface area (Å²) in [5, 5.41) is 62.5. The summed E-state index contributed by atoms with van der Waals surface area (Å²) in [6.45, 7) is 13.3. The number of pyridine rings is 1. The molecule has 0 aliphatic carbocycles. The Morgan fingerprint density at radius 1 is 0.569 bits per heavy atom. The quantitative estimate of drug-likeness (QED) is 0.0280. The zero-order valence-corrected chi connectivity index (χ0v) is 63.8. The molecule has 8 aliphatic rings. The number of thiocarbonyl (C=S) groups is 1. The first-order valence-electron chi connectivity index (χ1n) is 38.2. The number of amides is 4. The molecule has 116 heavy (non-hydrogen) atoms. The first kappa shape index (κ1) is 89.4. The van der Waals surface area contributed by atoms with Crippen molar-refractivity contribution in [2.24, 2.45) is 5.92 Å². The zero-order chi connectivity index (χ0) is 78.0. The molecular formula is C88H111ClN10O16S. The molecule has 4 amide bonds. The van der Waals surface area contributed by atoms with Gasteiger partial charge in [-0.05, 0) is 194 Å². The molecular weight excluding hydrogens is 1520 g/mol. The number of non-ortho nitro benzene ring substituents is 1. The number of piperidine rings is 1. The molecule has 1 aromatic heterocycles. The first-order chi connectivity index (χ1) is 54.5. The summed E-state index contributed by atoms with van der Waals surface area (Å²) in [4.78, 5) is 69.6. The number of morpholine rings is 1. The number of nitro groups is 1. The molecule has 0 spiro atoms. The maximum absolute atomic E-state index is 13.2. The zero-order valence-electron chi connectivity index (χ0n) is 62.2. The third-order valence-electron chi connectivity index (χ3n) is 21.8. The fourth-order valence-electron chi connectivity index (χ4n) is 15.9. The molecule has 0 saturated carbocycles. The number of phenolic OH excluding ortho intramolecular Hbond substituents is 5. The molecule has 6 N–H and O–H groups in total. The van der Waals surface area contributed by atoms with Crippen molar-refractivity contribution < 1.29 is 73.3 Å². The molecule has 622 valence electrons. The average molecular weight is 1630 g/mol. The predicted octanol–water partition coefficient (Wildman–Crippen LogP) is 13.5. The van der Waals surface area contributed by atoms with Gasteiger partial charge in [-0.15, -0.1) is 0 Å². The lowest BCUT2D eigenvalue weighted by molar-refractivity contribution is -0.384. The number of rotatable bonds is 17. The van der Waals surface area contributed by atoms with Gasteiger partial charge in [0.15, 0.2) is 0 Å². The van der Waals surface area contributed by atoms with Gasteiger partial charge >= 0.3 is 6.03 Å². The van der Waals surface area contributed by atoms with Crippen molar-refractivity contribution in [2.45, 2.75) is 117 Å². The van der Waals surface area contributed by atoms with Crippen LogP contribution in [0.2, 0.25) is 5.02 Å². The Morgan fingerprint density at radius 3 is 1.72 bits per heavy atom. The Hall–Kier alpha value is -10.5. The second-order valence-corrected chi connectivity index (χ2v) is 29.7. The van der Waals surface area contributed by atoms with Crippen LogP contribution in [0.1, 0.15) is 105 Å². The lowest BCUT2D eigenvalue weighted by atomic mass is 9.81. The number of aromatic hydroxyl groups is 5. The summed E-state index contributed by atoms with van der Waals surface area (Å²) in [5.41, 5.74) is 3.95. The number of carbonyl (C=O) groups is 3. The highest BCUT2D eigenvalue weighted by Gasteiger charge is 2.45. The minimum Gasteiger partial charge on any atom is -0.508 e. The third-order valence-corrected chi connectivity index (χ3v) is 22.5. The standard InChI is InChI=1S/C22H19N3O5.C22H25NO4S.C21H24ClN3O3.C19H27N3O4.4CH4/c26-18-5-7-19(8-6-18)30-14-21-20-13-23-11-9-15(20)10-12-24(21)22(27)16-1-3-17(4-2-16)25(28)29;24-16-6-8-18(9-7-16)27-14-20-19-5-2-10-26-21(19)12-22(28)23(20)13-15-3-1-4-17(25)11-15;22-16-3-1-2-15(12-16)21(27)25-11-10-24-9-8-23-13-19(24)20(25)14-28-18-6-4-17(26)5-7-18;23-15-3-5-16(6-4-15)26-14-18-17-13-25-12-11-20(17)9-10-22(18)19(24)21-7-1-2-8-21;;;;/h1-9,11,13,21,26H,10,12,14H2;1,3-4,6-9,11,19-21,24-25H,2,5,10,12-14H2;1-7,12,19-20,23,26H,8-11,13-14H2;3-6,17-18,23H,1-2,7-14H2;4*1H4. The maximum Gasteiger partial charge on any atom is 0.320 e. The normalized spacial score (nSPS) is 21.3. The Balaban J connectivity index is 0.000000175. The van der Waals surface area contributed by atoms with Crippen molar-refractivity contribution in [1.82, 2.24) is 44.6 Å². The van der Waals surface area contributed by atoms with Crippen LogP contribution in [0.4, 0.5) is 10.5 Å². The molecule has 8 unspecified atom stereocenters. The van der Waals surface area contributed by atoms with Crippen molar-refractivity contribution >= 4 is 52.3 Å². The maximum atomic E-state index is 13.2. The smallest absolute Gasteiger partial charge is 0.320 e. The van der Waals surface area contributed by atoms with Gasteiger partial charge in [-0.2, -0.15) is 0 Å². The Morgan fingerprint density at radius 2 is 1.13 bits per heavy atom. The first-order valence-corrected chi connectivity index (χ1v) is 39.0. The van der Waals surface area contributed by atoms with Crippen molar-refractivity contribution in [3.05, 3.63) is 231 Å². The molecule has 7 fully saturated rings. The molecule has 8 aliphatic heterocycles. The topological polar surface area (TPSA) is 298 Å². The summed E-state index contributed by atoms with van der Waals surface area (Å²) in [5.74, 6) is 3.82. The van der Waals surface area contributed by atoms with Crippen LogP contribution in [-0.2, 0) is 22.4 Å². The number of piperazine rings is 3. The molecule has 9 heterocycles. The predicted molar refractivity (Wildman–Crippen MR) is 451 cm³/mol. The largest absolute Gasteiger partial charge is 0.508 e. The fourth-order valence-corrected chi connectivity index (χ4v) is 16.5. The molecule has 16 rings (SSSR count). The average Bonchev–Trinajstić information content (AvgIpc) is 0.866. The van der Waals surface area contributed by atoms with Crippen LogP contribution in [0.5, 0.6) is 51.7 Å². The van der Waals surface area contributed by atoms with Crippen LogP contribution in [0.3, 0.4) is 0 Å². The molecule has 7 aromatic carbocycles. The van der Waals surface area contributed by atoms with Crippen LogP contribution < -0.4 is 24.3 Å². The van der Waals surface area contributed by atoms with Gasteiger partial charge in [-0.3, -0.25) is 34.5 Å². The Kier molecular flexibility index (Phi) is 33.1. The number of likely N-dealkylation sites (tertiary alicyclic amines) is 2. The Labute approximate surface area is 690 Å². The number of phenols is 5. The summed E-state index contributed by atoms with van der Waals surface area (Å²) < 4.78 is 35.7. The lowest BCUT2D eigenvalue weighted by Gasteiger charge is -2.49. The van der Waals surface area contributed by atoms with E-state index < -0.39 is 4.92 Å². The van der Waals surface area contributed by atoms with Gasteiger partial charge in [0.25, 0.3) is 17.5 Å². The highest BCUT2D eigenvalue weighted by atomic mass is 35.5. The van der Waals surface area contributed by atoms with E-state index in [0.29, 0.717) is 91.8 Å². The molecule has 0 radical (unpaired) electrons. The second-order valence-electron chi connectivity index (χ2n) is 28.8. The number of aromatic nitrogens is 1. The monoisotopic (exact) mass is 1630 g/mol. The second kappa shape index (κ2) is 42.9. The van der Waals surface area contributed by atoms with Gasteiger partial charge in [0.05, 0.1) is 59.4 Å². The van der Waals surface area contributed by atoms with E-state index in [1.165, 1.54) is 36.4 Å². The van der Waals surface area contributed by atoms with Crippen molar-refractivity contribution in [3.63, 3.8) is 0 Å². The van der Waals surface area contributed by atoms with E-state index in [1.807, 2.05) is 32.9 Å². The van der Waals surface area contributed by atoms with Crippen molar-refractivity contribution in [1.29, 1.82) is 0 Å². The van der Waals surface area contributed by atoms with Gasteiger partial charge in [0.1, 0.15) is 78.2 Å². The number of nitrogens with zero attached hydrogens (tertiary/aromatic N) is 9. The number of urea groups is 1. The highest BCUT2D eigenvalue weighted by molar-refractivity contribution is 7.80. The minimum atomic E-state index is -0.495. The molecule has 28 heteroatoms. The number of hydrogen-bond donors (Lipinski definition) is 6. The van der Waals surface area contributed by atoms with E-state index in [4.69, 9.17) is 52.2 Å². The van der Waals surface area contributed by atoms with Crippen LogP contribution in [0, 0.1) is 16.0 Å². The minimum absolute atomic E-state index is 0. The number of fused-ring (bicyclic) bond motifs is 4. The highest BCUT2D eigenvalue weighted by Crippen LogP contribution is 2.38. The number of ether oxygens (including phenoxy) is 6. The number of nitro benzene ring substituents is 1. The summed E-state index contributed by atoms with van der Waals surface area (Å²) in [6.07, 6.45) is 9.38. The molecule has 0 bridgehead atoms. The third kappa shape index (κ3) is 23.0. The summed E-state index contributed by atoms with van der Waals surface area (Å²) in [7, 11) is 0. The van der Waals surface area contributed by atoms with Gasteiger partial charge in [0, 0.05) is 144 Å². The summed E-state index contributed by atoms with van der Waals surface area (Å²) in [6, 6.07) is 48.6. The van der Waals surface area contributed by atoms with Crippen LogP contribution >= 0.6 is 23.8 Å². The number of hydrogen-bond acceptors (Lipinski definition) is 21. The fraction of sp³-hybridized carbons (Fsp3) is 0.420. The molecule has 8 aromatic rings. The molecule has 26 nitrogen and oxygen atoms in total. The van der Waals surface area contributed by atoms with Crippen LogP contribution in [-0.4, -0.2) is 247 Å².